The van der Waals surface area contributed by atoms with E-state index in [-0.39, 0.29) is 12.0 Å². The van der Waals surface area contributed by atoms with Gasteiger partial charge < -0.3 is 5.11 Å². The highest BCUT2D eigenvalue weighted by Crippen LogP contribution is 2.35. The number of hydrogen-bond donors (Lipinski definition) is 1. The molecule has 150 valence electrons. The van der Waals surface area contributed by atoms with Crippen molar-refractivity contribution in [2.75, 3.05) is 13.1 Å². The Balaban J connectivity index is 1.96. The largest absolute Gasteiger partial charge is 0.481 e. The third-order valence-corrected chi connectivity index (χ3v) is 5.36. The molecule has 1 aliphatic rings. The van der Waals surface area contributed by atoms with E-state index in [9.17, 15) is 23.1 Å². The molecule has 2 aromatic carbocycles. The summed E-state index contributed by atoms with van der Waals surface area (Å²) in [4.78, 5) is 13.4. The Morgan fingerprint density at radius 1 is 1.00 bits per heavy atom. The van der Waals surface area contributed by atoms with Gasteiger partial charge in [-0.2, -0.15) is 13.2 Å². The van der Waals surface area contributed by atoms with Crippen molar-refractivity contribution in [1.82, 2.24) is 4.90 Å². The summed E-state index contributed by atoms with van der Waals surface area (Å²) in [6.07, 6.45) is -3.29. The summed E-state index contributed by atoms with van der Waals surface area (Å²) < 4.78 is 38.9. The van der Waals surface area contributed by atoms with Crippen LogP contribution in [0.3, 0.4) is 0 Å². The Morgan fingerprint density at radius 2 is 1.54 bits per heavy atom. The summed E-state index contributed by atoms with van der Waals surface area (Å²) in [5.41, 5.74) is 3.32. The Kier molecular flexibility index (Phi) is 5.79. The van der Waals surface area contributed by atoms with Crippen molar-refractivity contribution in [3.63, 3.8) is 0 Å². The fourth-order valence-corrected chi connectivity index (χ4v) is 4.04. The molecule has 0 amide bonds. The first-order chi connectivity index (χ1) is 13.1. The van der Waals surface area contributed by atoms with Crippen molar-refractivity contribution in [3.05, 3.63) is 70.3 Å². The molecule has 0 bridgehead atoms. The number of halogens is 3. The highest BCUT2D eigenvalue weighted by Gasteiger charge is 2.33. The maximum absolute atomic E-state index is 13.0. The maximum Gasteiger partial charge on any atom is 0.416 e. The normalized spacial score (nSPS) is 17.5. The van der Waals surface area contributed by atoms with Gasteiger partial charge in [0.2, 0.25) is 0 Å². The summed E-state index contributed by atoms with van der Waals surface area (Å²) in [7, 11) is 0. The molecule has 2 aromatic rings. The zero-order chi connectivity index (χ0) is 20.5. The van der Waals surface area contributed by atoms with Gasteiger partial charge in [0.1, 0.15) is 0 Å². The minimum atomic E-state index is -4.37. The second-order valence-electron chi connectivity index (χ2n) is 7.59. The van der Waals surface area contributed by atoms with Crippen LogP contribution in [-0.2, 0) is 11.0 Å². The zero-order valence-electron chi connectivity index (χ0n) is 16.0. The van der Waals surface area contributed by atoms with E-state index in [0.29, 0.717) is 25.9 Å². The van der Waals surface area contributed by atoms with E-state index in [4.69, 9.17) is 0 Å². The van der Waals surface area contributed by atoms with Crippen molar-refractivity contribution < 1.29 is 23.1 Å². The highest BCUT2D eigenvalue weighted by molar-refractivity contribution is 5.70. The average Bonchev–Trinajstić information content (AvgIpc) is 2.61. The van der Waals surface area contributed by atoms with Crippen molar-refractivity contribution in [1.29, 1.82) is 0 Å². The molecular formula is C22H24F3NO2. The molecule has 1 unspecified atom stereocenters. The number of alkyl halides is 3. The lowest BCUT2D eigenvalue weighted by atomic mass is 9.90. The maximum atomic E-state index is 13.0. The van der Waals surface area contributed by atoms with Crippen LogP contribution < -0.4 is 0 Å². The number of aryl methyl sites for hydroxylation is 2. The van der Waals surface area contributed by atoms with Crippen LogP contribution in [-0.4, -0.2) is 29.1 Å². The van der Waals surface area contributed by atoms with Crippen LogP contribution in [0.15, 0.2) is 42.5 Å². The molecule has 1 atom stereocenters. The first-order valence-electron chi connectivity index (χ1n) is 9.37. The van der Waals surface area contributed by atoms with Crippen LogP contribution in [0.25, 0.3) is 0 Å². The Labute approximate surface area is 162 Å². The van der Waals surface area contributed by atoms with Gasteiger partial charge in [-0.3, -0.25) is 9.69 Å². The van der Waals surface area contributed by atoms with Gasteiger partial charge in [0, 0.05) is 0 Å². The minimum Gasteiger partial charge on any atom is -0.481 e. The molecule has 1 saturated heterocycles. The van der Waals surface area contributed by atoms with Gasteiger partial charge >= 0.3 is 12.1 Å². The van der Waals surface area contributed by atoms with Crippen LogP contribution in [0.2, 0.25) is 0 Å². The number of aliphatic carboxylic acids is 1. The summed E-state index contributed by atoms with van der Waals surface area (Å²) in [6.45, 7) is 5.18. The lowest BCUT2D eigenvalue weighted by Crippen LogP contribution is -2.39. The fraction of sp³-hybridized carbons (Fsp3) is 0.409. The molecule has 0 aromatic heterocycles. The van der Waals surface area contributed by atoms with E-state index in [2.05, 4.69) is 23.1 Å². The molecular weight excluding hydrogens is 367 g/mol. The van der Waals surface area contributed by atoms with Gasteiger partial charge in [0.15, 0.2) is 0 Å². The molecule has 1 aliphatic heterocycles. The number of likely N-dealkylation sites (tertiary alicyclic amines) is 1. The number of rotatable bonds is 4. The molecule has 0 saturated carbocycles. The Hall–Kier alpha value is -2.34. The number of carboxylic acids is 1. The molecule has 1 fully saturated rings. The Morgan fingerprint density at radius 3 is 2.00 bits per heavy atom. The first kappa shape index (κ1) is 20.4. The summed E-state index contributed by atoms with van der Waals surface area (Å²) in [5, 5.41) is 9.25. The van der Waals surface area contributed by atoms with Crippen LogP contribution in [0.1, 0.15) is 46.7 Å². The van der Waals surface area contributed by atoms with E-state index in [0.717, 1.165) is 34.4 Å². The van der Waals surface area contributed by atoms with Crippen LogP contribution >= 0.6 is 0 Å². The number of carboxylic acid groups (broad SMARTS) is 1. The summed E-state index contributed by atoms with van der Waals surface area (Å²) in [6, 6.07) is 11.3. The van der Waals surface area contributed by atoms with Gasteiger partial charge in [0.25, 0.3) is 0 Å². The number of piperidine rings is 1. The number of hydrogen-bond acceptors (Lipinski definition) is 2. The summed E-state index contributed by atoms with van der Waals surface area (Å²) in [5.74, 6) is -1.14. The van der Waals surface area contributed by atoms with Crippen molar-refractivity contribution in [2.24, 2.45) is 5.92 Å². The van der Waals surface area contributed by atoms with E-state index >= 15 is 0 Å². The van der Waals surface area contributed by atoms with E-state index in [1.165, 1.54) is 12.1 Å². The quantitative estimate of drug-likeness (QED) is 0.778. The predicted molar refractivity (Wildman–Crippen MR) is 101 cm³/mol. The van der Waals surface area contributed by atoms with E-state index < -0.39 is 17.7 Å². The van der Waals surface area contributed by atoms with Gasteiger partial charge in [-0.25, -0.2) is 0 Å². The third kappa shape index (κ3) is 4.55. The van der Waals surface area contributed by atoms with Gasteiger partial charge in [-0.1, -0.05) is 41.5 Å². The second kappa shape index (κ2) is 7.95. The average molecular weight is 391 g/mol. The lowest BCUT2D eigenvalue weighted by Gasteiger charge is -2.37. The second-order valence-corrected chi connectivity index (χ2v) is 7.59. The monoisotopic (exact) mass is 391 g/mol. The molecule has 28 heavy (non-hydrogen) atoms. The molecule has 6 heteroatoms. The first-order valence-corrected chi connectivity index (χ1v) is 9.37. The SMILES string of the molecule is Cc1cc(C)cc(C(c2ccc(C(F)(F)F)cc2)N2CCC(C(=O)O)CC2)c1. The standard InChI is InChI=1S/C22H24F3NO2/c1-14-11-15(2)13-18(12-14)20(26-9-7-17(8-10-26)21(27)28)16-3-5-19(6-4-16)22(23,24)25/h3-6,11-13,17,20H,7-10H2,1-2H3,(H,27,28). The van der Waals surface area contributed by atoms with Gasteiger partial charge in [-0.15, -0.1) is 0 Å². The smallest absolute Gasteiger partial charge is 0.416 e. The molecule has 3 rings (SSSR count). The fourth-order valence-electron chi connectivity index (χ4n) is 4.04. The molecule has 0 spiro atoms. The van der Waals surface area contributed by atoms with Gasteiger partial charge in [-0.05, 0) is 63.0 Å². The number of carbonyl (C=O) groups is 1. The van der Waals surface area contributed by atoms with Crippen molar-refractivity contribution in [3.8, 4) is 0 Å². The number of benzene rings is 2. The third-order valence-electron chi connectivity index (χ3n) is 5.36. The van der Waals surface area contributed by atoms with E-state index in [1.54, 1.807) is 0 Å². The summed E-state index contributed by atoms with van der Waals surface area (Å²) >= 11 is 0. The molecule has 1 N–H and O–H groups in total. The minimum absolute atomic E-state index is 0.198. The Bertz CT molecular complexity index is 818. The van der Waals surface area contributed by atoms with Crippen LogP contribution in [0.5, 0.6) is 0 Å². The number of nitrogens with zero attached hydrogens (tertiary/aromatic N) is 1. The molecule has 3 nitrogen and oxygen atoms in total. The molecule has 0 aliphatic carbocycles. The van der Waals surface area contributed by atoms with Crippen LogP contribution in [0.4, 0.5) is 13.2 Å². The van der Waals surface area contributed by atoms with Gasteiger partial charge in [0.05, 0.1) is 17.5 Å². The topological polar surface area (TPSA) is 40.5 Å². The molecule has 0 radical (unpaired) electrons. The lowest BCUT2D eigenvalue weighted by molar-refractivity contribution is -0.143. The molecule has 1 heterocycles. The zero-order valence-corrected chi connectivity index (χ0v) is 16.0. The van der Waals surface area contributed by atoms with Crippen molar-refractivity contribution >= 4 is 5.97 Å². The highest BCUT2D eigenvalue weighted by atomic mass is 19.4. The van der Waals surface area contributed by atoms with Crippen molar-refractivity contribution in [2.45, 2.75) is 38.9 Å². The predicted octanol–water partition coefficient (Wildman–Crippen LogP) is 5.21. The van der Waals surface area contributed by atoms with E-state index in [1.807, 2.05) is 13.8 Å². The van der Waals surface area contributed by atoms with Crippen LogP contribution in [0, 0.1) is 19.8 Å².